The topological polar surface area (TPSA) is 112 Å². The monoisotopic (exact) mass is 544 g/mol. The third-order valence-electron chi connectivity index (χ3n) is 6.93. The first kappa shape index (κ1) is 26.7. The summed E-state index contributed by atoms with van der Waals surface area (Å²) >= 11 is 0. The van der Waals surface area contributed by atoms with Gasteiger partial charge in [0.05, 0.1) is 14.2 Å². The summed E-state index contributed by atoms with van der Waals surface area (Å²) in [6, 6.07) is 15.6. The molecule has 2 amide bonds. The summed E-state index contributed by atoms with van der Waals surface area (Å²) in [4.78, 5) is 54.8. The molecule has 3 heterocycles. The lowest BCUT2D eigenvalue weighted by molar-refractivity contribution is -0.167. The lowest BCUT2D eigenvalue weighted by Gasteiger charge is -2.50. The smallest absolute Gasteiger partial charge is 0.308 e. The van der Waals surface area contributed by atoms with Crippen molar-refractivity contribution in [3.05, 3.63) is 82.9 Å². The normalized spacial score (nSPS) is 17.4. The third kappa shape index (κ3) is 4.95. The highest BCUT2D eigenvalue weighted by molar-refractivity contribution is 6.02. The van der Waals surface area contributed by atoms with Crippen molar-refractivity contribution in [2.75, 3.05) is 14.2 Å². The van der Waals surface area contributed by atoms with Gasteiger partial charge in [0.15, 0.2) is 11.5 Å². The highest BCUT2D eigenvalue weighted by Crippen LogP contribution is 2.50. The van der Waals surface area contributed by atoms with Gasteiger partial charge >= 0.3 is 11.9 Å². The van der Waals surface area contributed by atoms with Crippen LogP contribution in [0.4, 0.5) is 0 Å². The molecule has 0 saturated carbocycles. The summed E-state index contributed by atoms with van der Waals surface area (Å²) in [5.41, 5.74) is 2.66. The van der Waals surface area contributed by atoms with Gasteiger partial charge in [0.2, 0.25) is 0 Å². The van der Waals surface area contributed by atoms with Gasteiger partial charge in [-0.05, 0) is 58.7 Å². The molecule has 2 bridgehead atoms. The second-order valence-electron chi connectivity index (χ2n) is 9.55. The van der Waals surface area contributed by atoms with Gasteiger partial charge in [0.25, 0.3) is 11.8 Å². The van der Waals surface area contributed by atoms with Crippen LogP contribution in [0, 0.1) is 0 Å². The van der Waals surface area contributed by atoms with Crippen molar-refractivity contribution >= 4 is 23.8 Å². The van der Waals surface area contributed by atoms with Crippen molar-refractivity contribution in [1.82, 2.24) is 9.80 Å². The van der Waals surface area contributed by atoms with E-state index in [1.165, 1.54) is 35.8 Å². The van der Waals surface area contributed by atoms with Crippen LogP contribution in [-0.4, -0.2) is 47.8 Å². The second kappa shape index (κ2) is 10.7. The fourth-order valence-corrected chi connectivity index (χ4v) is 5.16. The first-order chi connectivity index (χ1) is 19.2. The predicted molar refractivity (Wildman–Crippen MR) is 142 cm³/mol. The van der Waals surface area contributed by atoms with Crippen LogP contribution in [0.5, 0.6) is 23.0 Å². The molecule has 1 fully saturated rings. The number of methoxy groups -OCH3 is 2. The lowest BCUT2D eigenvalue weighted by Crippen LogP contribution is -2.60. The van der Waals surface area contributed by atoms with Crippen LogP contribution in [0.2, 0.25) is 0 Å². The summed E-state index contributed by atoms with van der Waals surface area (Å²) < 4.78 is 21.1. The molecule has 0 radical (unpaired) electrons. The molecular weight excluding hydrogens is 516 g/mol. The van der Waals surface area contributed by atoms with Gasteiger partial charge < -0.3 is 28.7 Å². The minimum Gasteiger partial charge on any atom is -0.497 e. The number of esters is 2. The van der Waals surface area contributed by atoms with E-state index >= 15 is 0 Å². The molecule has 40 heavy (non-hydrogen) atoms. The molecule has 2 atom stereocenters. The first-order valence-corrected chi connectivity index (χ1v) is 12.6. The van der Waals surface area contributed by atoms with Crippen molar-refractivity contribution in [3.8, 4) is 23.0 Å². The zero-order chi connectivity index (χ0) is 28.6. The largest absolute Gasteiger partial charge is 0.497 e. The number of piperazine rings is 1. The van der Waals surface area contributed by atoms with Crippen molar-refractivity contribution in [1.29, 1.82) is 0 Å². The van der Waals surface area contributed by atoms with Gasteiger partial charge in [0, 0.05) is 26.9 Å². The van der Waals surface area contributed by atoms with E-state index < -0.39 is 24.0 Å². The van der Waals surface area contributed by atoms with Gasteiger partial charge in [-0.2, -0.15) is 0 Å². The maximum atomic E-state index is 14.0. The summed E-state index contributed by atoms with van der Waals surface area (Å²) in [7, 11) is 3.14. The van der Waals surface area contributed by atoms with Crippen LogP contribution in [0.25, 0.3) is 0 Å². The number of hydrogen-bond acceptors (Lipinski definition) is 8. The molecule has 10 nitrogen and oxygen atoms in total. The molecule has 0 aromatic heterocycles. The molecule has 206 valence electrons. The van der Waals surface area contributed by atoms with Gasteiger partial charge in [-0.15, -0.1) is 0 Å². The molecule has 0 N–H and O–H groups in total. The van der Waals surface area contributed by atoms with Crippen LogP contribution in [0.1, 0.15) is 48.2 Å². The zero-order valence-electron chi connectivity index (χ0n) is 22.5. The van der Waals surface area contributed by atoms with Crippen LogP contribution in [-0.2, 0) is 32.3 Å². The lowest BCUT2D eigenvalue weighted by atomic mass is 9.81. The van der Waals surface area contributed by atoms with E-state index in [2.05, 4.69) is 0 Å². The number of nitrogens with zero attached hydrogens (tertiary/aromatic N) is 2. The van der Waals surface area contributed by atoms with E-state index in [4.69, 9.17) is 18.9 Å². The highest BCUT2D eigenvalue weighted by Gasteiger charge is 2.54. The predicted octanol–water partition coefficient (Wildman–Crippen LogP) is 3.72. The number of carbonyl (C=O) groups is 4. The fraction of sp³-hybridized carbons (Fsp3) is 0.267. The fourth-order valence-electron chi connectivity index (χ4n) is 5.16. The first-order valence-electron chi connectivity index (χ1n) is 12.6. The Hall–Kier alpha value is -4.86. The van der Waals surface area contributed by atoms with E-state index in [1.807, 2.05) is 24.3 Å². The Morgan fingerprint density at radius 1 is 0.650 bits per heavy atom. The average molecular weight is 545 g/mol. The molecule has 3 aliphatic heterocycles. The van der Waals surface area contributed by atoms with Crippen LogP contribution in [0.3, 0.4) is 0 Å². The molecular formula is C30H28N2O8. The van der Waals surface area contributed by atoms with Gasteiger partial charge in [-0.3, -0.25) is 19.2 Å². The SMILES string of the molecule is COc1ccc(CN2C(=O)C3c4cc(OC(C)=O)c(OC(C)=O)cc4C2C(=O)N3Cc2ccc(OC)cc2)cc1. The van der Waals surface area contributed by atoms with Crippen molar-refractivity contribution < 1.29 is 38.1 Å². The summed E-state index contributed by atoms with van der Waals surface area (Å²) in [6.07, 6.45) is 0. The van der Waals surface area contributed by atoms with Crippen LogP contribution in [0.15, 0.2) is 60.7 Å². The Balaban J connectivity index is 1.59. The molecule has 2 unspecified atom stereocenters. The standard InChI is InChI=1S/C30H28N2O8/c1-17(33)39-25-13-23-24(14-26(25)40-18(2)34)28-30(36)31(15-19-5-9-21(37-3)10-6-19)27(23)29(35)32(28)16-20-7-11-22(38-4)12-8-20/h5-14,27-28H,15-16H2,1-4H3. The number of carbonyl (C=O) groups excluding carboxylic acids is 4. The van der Waals surface area contributed by atoms with E-state index in [0.717, 1.165) is 11.1 Å². The molecule has 0 spiro atoms. The van der Waals surface area contributed by atoms with Crippen molar-refractivity contribution in [2.24, 2.45) is 0 Å². The Morgan fingerprint density at radius 3 is 1.30 bits per heavy atom. The number of amides is 2. The van der Waals surface area contributed by atoms with Crippen LogP contribution < -0.4 is 18.9 Å². The maximum absolute atomic E-state index is 14.0. The number of ether oxygens (including phenoxy) is 4. The van der Waals surface area contributed by atoms with Gasteiger partial charge in [-0.1, -0.05) is 24.3 Å². The molecule has 1 saturated heterocycles. The maximum Gasteiger partial charge on any atom is 0.308 e. The Bertz CT molecular complexity index is 1370. The molecule has 3 aliphatic rings. The third-order valence-corrected chi connectivity index (χ3v) is 6.93. The van der Waals surface area contributed by atoms with Crippen LogP contribution >= 0.6 is 0 Å². The second-order valence-corrected chi connectivity index (χ2v) is 9.55. The molecule has 3 aromatic carbocycles. The minimum atomic E-state index is -0.978. The number of benzene rings is 3. The van der Waals surface area contributed by atoms with E-state index in [9.17, 15) is 19.2 Å². The van der Waals surface area contributed by atoms with Crippen molar-refractivity contribution in [2.45, 2.75) is 39.0 Å². The number of rotatable bonds is 8. The Morgan fingerprint density at radius 2 is 1.00 bits per heavy atom. The highest BCUT2D eigenvalue weighted by atomic mass is 16.6. The zero-order valence-corrected chi connectivity index (χ0v) is 22.5. The quantitative estimate of drug-likeness (QED) is 0.312. The number of fused-ring (bicyclic) bond motifs is 2. The van der Waals surface area contributed by atoms with E-state index in [0.29, 0.717) is 22.6 Å². The molecule has 0 aliphatic carbocycles. The van der Waals surface area contributed by atoms with Gasteiger partial charge in [0.1, 0.15) is 23.6 Å². The Kier molecular flexibility index (Phi) is 7.17. The summed E-state index contributed by atoms with van der Waals surface area (Å²) in [5.74, 6) is -0.426. The van der Waals surface area contributed by atoms with E-state index in [1.54, 1.807) is 38.5 Å². The van der Waals surface area contributed by atoms with Crippen molar-refractivity contribution in [3.63, 3.8) is 0 Å². The Labute approximate surface area is 231 Å². The average Bonchev–Trinajstić information content (AvgIpc) is 2.92. The number of hydrogen-bond donors (Lipinski definition) is 0. The van der Waals surface area contributed by atoms with Gasteiger partial charge in [-0.25, -0.2) is 0 Å². The minimum absolute atomic E-state index is 0.000325. The summed E-state index contributed by atoms with van der Waals surface area (Å²) in [5, 5.41) is 0. The summed E-state index contributed by atoms with van der Waals surface area (Å²) in [6.45, 7) is 2.81. The molecule has 10 heteroatoms. The van der Waals surface area contributed by atoms with E-state index in [-0.39, 0.29) is 36.4 Å². The molecule has 3 aromatic rings. The molecule has 6 rings (SSSR count).